The highest BCUT2D eigenvalue weighted by atomic mass is 32.2. The number of aromatic hydroxyl groups is 1. The van der Waals surface area contributed by atoms with Crippen LogP contribution in [0.4, 0.5) is 13.2 Å². The molecule has 0 atom stereocenters. The largest absolute Gasteiger partial charge is 0.508 e. The van der Waals surface area contributed by atoms with Gasteiger partial charge >= 0.3 is 18.1 Å². The maximum atomic E-state index is 13.5. The smallest absolute Gasteiger partial charge is 0.490 e. The van der Waals surface area contributed by atoms with E-state index in [1.165, 1.54) is 36.0 Å². The number of carbonyl (C=O) groups is 2. The number of nitrogens with one attached hydrogen (secondary N) is 1. The van der Waals surface area contributed by atoms with Crippen molar-refractivity contribution >= 4 is 50.7 Å². The number of hydrogen-bond acceptors (Lipinski definition) is 9. The Bertz CT molecular complexity index is 1540. The van der Waals surface area contributed by atoms with Gasteiger partial charge in [0.1, 0.15) is 18.2 Å². The van der Waals surface area contributed by atoms with Crippen molar-refractivity contribution in [3.05, 3.63) is 58.5 Å². The standard InChI is InChI=1S/C22H22N2O6S3.C2HF3O2/c1-12-6-15(25)7-14(10-30-11-19(26)27)20(12)13-4-3-5-16(8-13)33(28,29)18-9-17(21(23)24)32-22(18)31-2;3-2(4,5)1(6)7/h3-9,25H,10-11H2,1-2H3,(H3,23,24)(H,26,27);(H,6,7). The van der Waals surface area contributed by atoms with Gasteiger partial charge in [-0.1, -0.05) is 12.1 Å². The van der Waals surface area contributed by atoms with E-state index < -0.39 is 34.6 Å². The van der Waals surface area contributed by atoms with Gasteiger partial charge in [0, 0.05) is 0 Å². The lowest BCUT2D eigenvalue weighted by Crippen LogP contribution is -2.21. The second kappa shape index (κ2) is 13.2. The molecule has 16 heteroatoms. The van der Waals surface area contributed by atoms with Crippen LogP contribution < -0.4 is 5.73 Å². The third-order valence-corrected chi connectivity index (χ3v) is 9.30. The number of aryl methyl sites for hydroxylation is 1. The van der Waals surface area contributed by atoms with Gasteiger partial charge in [-0.15, -0.1) is 23.1 Å². The van der Waals surface area contributed by atoms with E-state index >= 15 is 0 Å². The molecule has 1 aromatic heterocycles. The molecule has 216 valence electrons. The lowest BCUT2D eigenvalue weighted by molar-refractivity contribution is -0.192. The van der Waals surface area contributed by atoms with Gasteiger partial charge in [0.15, 0.2) is 0 Å². The fourth-order valence-corrected chi connectivity index (χ4v) is 7.28. The molecule has 0 spiro atoms. The zero-order valence-corrected chi connectivity index (χ0v) is 23.2. The summed E-state index contributed by atoms with van der Waals surface area (Å²) in [7, 11) is -3.91. The van der Waals surface area contributed by atoms with E-state index in [-0.39, 0.29) is 28.0 Å². The van der Waals surface area contributed by atoms with E-state index in [1.54, 1.807) is 31.4 Å². The second-order valence-corrected chi connectivity index (χ2v) is 11.9. The van der Waals surface area contributed by atoms with E-state index in [9.17, 15) is 31.5 Å². The fraction of sp³-hybridized carbons (Fsp3) is 0.208. The van der Waals surface area contributed by atoms with Crippen LogP contribution in [0.5, 0.6) is 5.75 Å². The molecule has 0 saturated carbocycles. The number of hydrogen-bond donors (Lipinski definition) is 5. The van der Waals surface area contributed by atoms with Gasteiger partial charge in [0.2, 0.25) is 9.84 Å². The zero-order valence-electron chi connectivity index (χ0n) is 20.8. The third-order valence-electron chi connectivity index (χ3n) is 4.97. The number of nitrogens with two attached hydrogens (primary N) is 1. The first kappa shape index (κ1) is 32.6. The van der Waals surface area contributed by atoms with Crippen LogP contribution in [-0.2, 0) is 30.8 Å². The Morgan fingerprint density at radius 2 is 1.77 bits per heavy atom. The van der Waals surface area contributed by atoms with Crippen molar-refractivity contribution in [2.24, 2.45) is 5.73 Å². The van der Waals surface area contributed by atoms with Crippen molar-refractivity contribution in [1.29, 1.82) is 5.41 Å². The number of rotatable bonds is 9. The van der Waals surface area contributed by atoms with Gasteiger partial charge in [0.25, 0.3) is 0 Å². The molecule has 40 heavy (non-hydrogen) atoms. The van der Waals surface area contributed by atoms with Crippen molar-refractivity contribution < 1.29 is 51.2 Å². The van der Waals surface area contributed by atoms with E-state index in [4.69, 9.17) is 30.9 Å². The highest BCUT2D eigenvalue weighted by molar-refractivity contribution is 8.01. The number of alkyl halides is 3. The number of thiophene rings is 1. The van der Waals surface area contributed by atoms with E-state index in [0.29, 0.717) is 31.3 Å². The van der Waals surface area contributed by atoms with E-state index in [1.807, 2.05) is 0 Å². The summed E-state index contributed by atoms with van der Waals surface area (Å²) in [6.07, 6.45) is -3.33. The Labute approximate surface area is 234 Å². The predicted molar refractivity (Wildman–Crippen MR) is 142 cm³/mol. The molecular weight excluding hydrogens is 597 g/mol. The second-order valence-electron chi connectivity index (χ2n) is 7.90. The number of ether oxygens (including phenoxy) is 1. The molecule has 1 heterocycles. The summed E-state index contributed by atoms with van der Waals surface area (Å²) in [5.74, 6) is -4.08. The number of amidine groups is 1. The SMILES string of the molecule is CSc1sc(C(=N)N)cc1S(=O)(=O)c1cccc(-c2c(C)cc(O)cc2COCC(=O)O)c1.O=C(O)C(F)(F)F. The maximum absolute atomic E-state index is 13.5. The number of phenols is 1. The minimum Gasteiger partial charge on any atom is -0.508 e. The number of halogens is 3. The molecule has 0 amide bonds. The Kier molecular flexibility index (Phi) is 10.7. The minimum absolute atomic E-state index is 0.00593. The Hall–Kier alpha value is -3.60. The minimum atomic E-state index is -5.08. The summed E-state index contributed by atoms with van der Waals surface area (Å²) in [6.45, 7) is 1.19. The summed E-state index contributed by atoms with van der Waals surface area (Å²) in [6, 6.07) is 10.8. The molecule has 0 aliphatic heterocycles. The van der Waals surface area contributed by atoms with Gasteiger partial charge < -0.3 is 25.8 Å². The van der Waals surface area contributed by atoms with Gasteiger partial charge in [-0.3, -0.25) is 5.41 Å². The van der Waals surface area contributed by atoms with E-state index in [0.717, 1.165) is 11.3 Å². The first-order valence-electron chi connectivity index (χ1n) is 10.8. The topological polar surface area (TPSA) is 188 Å². The number of thioether (sulfide) groups is 1. The molecule has 0 radical (unpaired) electrons. The normalized spacial score (nSPS) is 11.4. The summed E-state index contributed by atoms with van der Waals surface area (Å²) in [5, 5.41) is 33.6. The number of carboxylic acid groups (broad SMARTS) is 2. The van der Waals surface area contributed by atoms with Crippen molar-refractivity contribution in [3.8, 4) is 16.9 Å². The summed E-state index contributed by atoms with van der Waals surface area (Å²) in [4.78, 5) is 20.2. The summed E-state index contributed by atoms with van der Waals surface area (Å²) in [5.41, 5.74) is 7.99. The van der Waals surface area contributed by atoms with Crippen molar-refractivity contribution in [2.45, 2.75) is 33.7 Å². The van der Waals surface area contributed by atoms with Crippen LogP contribution in [0.2, 0.25) is 0 Å². The average Bonchev–Trinajstić information content (AvgIpc) is 3.29. The van der Waals surface area contributed by atoms with Crippen LogP contribution in [0.15, 0.2) is 56.5 Å². The molecule has 0 bridgehead atoms. The van der Waals surface area contributed by atoms with Crippen molar-refractivity contribution in [2.75, 3.05) is 12.9 Å². The zero-order chi connectivity index (χ0) is 30.4. The number of aliphatic carboxylic acids is 2. The first-order chi connectivity index (χ1) is 18.5. The molecule has 6 N–H and O–H groups in total. The molecule has 2 aromatic carbocycles. The van der Waals surface area contributed by atoms with Crippen LogP contribution in [0, 0.1) is 12.3 Å². The maximum Gasteiger partial charge on any atom is 0.490 e. The summed E-state index contributed by atoms with van der Waals surface area (Å²) >= 11 is 2.42. The van der Waals surface area contributed by atoms with Crippen molar-refractivity contribution in [1.82, 2.24) is 0 Å². The highest BCUT2D eigenvalue weighted by Gasteiger charge is 2.38. The molecular formula is C24H23F3N2O8S3. The van der Waals surface area contributed by atoms with Crippen LogP contribution >= 0.6 is 23.1 Å². The Morgan fingerprint density at radius 1 is 1.15 bits per heavy atom. The number of carboxylic acids is 2. The Balaban J connectivity index is 0.000000708. The monoisotopic (exact) mass is 620 g/mol. The predicted octanol–water partition coefficient (Wildman–Crippen LogP) is 4.50. The quantitative estimate of drug-likeness (QED) is 0.129. The van der Waals surface area contributed by atoms with Crippen LogP contribution in [0.3, 0.4) is 0 Å². The highest BCUT2D eigenvalue weighted by Crippen LogP contribution is 2.38. The molecule has 10 nitrogen and oxygen atoms in total. The Morgan fingerprint density at radius 3 is 2.30 bits per heavy atom. The molecule has 0 aliphatic rings. The van der Waals surface area contributed by atoms with E-state index in [2.05, 4.69) is 0 Å². The average molecular weight is 621 g/mol. The molecule has 0 saturated heterocycles. The van der Waals surface area contributed by atoms with Gasteiger partial charge in [-0.2, -0.15) is 13.2 Å². The fourth-order valence-electron chi connectivity index (χ4n) is 3.38. The van der Waals surface area contributed by atoms with Gasteiger partial charge in [0.05, 0.1) is 25.5 Å². The molecule has 3 rings (SSSR count). The first-order valence-corrected chi connectivity index (χ1v) is 14.3. The summed E-state index contributed by atoms with van der Waals surface area (Å²) < 4.78 is 64.4. The molecule has 3 aromatic rings. The third kappa shape index (κ3) is 8.20. The van der Waals surface area contributed by atoms with Crippen LogP contribution in [0.25, 0.3) is 11.1 Å². The van der Waals surface area contributed by atoms with Gasteiger partial charge in [-0.05, 0) is 65.8 Å². The lowest BCUT2D eigenvalue weighted by atomic mass is 9.95. The number of nitrogen functional groups attached to an aromatic ring is 1. The molecule has 0 aliphatic carbocycles. The molecule has 0 fully saturated rings. The van der Waals surface area contributed by atoms with Gasteiger partial charge in [-0.25, -0.2) is 18.0 Å². The number of benzene rings is 2. The number of phenolic OH excluding ortho intramolecular Hbond substituents is 1. The molecule has 0 unspecified atom stereocenters. The van der Waals surface area contributed by atoms with Crippen LogP contribution in [0.1, 0.15) is 16.0 Å². The van der Waals surface area contributed by atoms with Crippen molar-refractivity contribution in [3.63, 3.8) is 0 Å². The van der Waals surface area contributed by atoms with Crippen LogP contribution in [-0.4, -0.2) is 60.6 Å². The lowest BCUT2D eigenvalue weighted by Gasteiger charge is -2.15. The number of sulfone groups is 1.